The summed E-state index contributed by atoms with van der Waals surface area (Å²) in [7, 11) is 0. The van der Waals surface area contributed by atoms with Gasteiger partial charge in [0, 0.05) is 16.2 Å². The van der Waals surface area contributed by atoms with Gasteiger partial charge in [0.05, 0.1) is 5.56 Å². The van der Waals surface area contributed by atoms with E-state index in [2.05, 4.69) is 27.9 Å². The van der Waals surface area contributed by atoms with Crippen molar-refractivity contribution in [3.05, 3.63) is 32.9 Å². The van der Waals surface area contributed by atoms with Gasteiger partial charge in [-0.15, -0.1) is 0 Å². The van der Waals surface area contributed by atoms with Crippen molar-refractivity contribution in [2.75, 3.05) is 6.54 Å². The van der Waals surface area contributed by atoms with Crippen LogP contribution in [0.2, 0.25) is 0 Å². The summed E-state index contributed by atoms with van der Waals surface area (Å²) >= 11 is 2.20. The van der Waals surface area contributed by atoms with E-state index in [-0.39, 0.29) is 11.9 Å². The summed E-state index contributed by atoms with van der Waals surface area (Å²) in [6.45, 7) is 4.56. The smallest absolute Gasteiger partial charge is 0.252 e. The largest absolute Gasteiger partial charge is 0.352 e. The Hall–Kier alpha value is -0.620. The maximum atomic E-state index is 11.8. The first-order valence-corrected chi connectivity index (χ1v) is 6.39. The molecule has 0 aliphatic rings. The van der Waals surface area contributed by atoms with Gasteiger partial charge in [0.15, 0.2) is 0 Å². The number of hydrogen-bond donors (Lipinski definition) is 2. The van der Waals surface area contributed by atoms with Crippen LogP contribution in [-0.4, -0.2) is 18.5 Å². The lowest BCUT2D eigenvalue weighted by Gasteiger charge is -2.09. The molecule has 0 aliphatic carbocycles. The molecule has 0 radical (unpaired) electrons. The standard InChI is InChI=1S/C12H17IN2O/c1-8-4-3-5-10(11(8)13)12(16)15-7-6-9(2)14/h3-5,9H,6-7,14H2,1-2H3,(H,15,16). The summed E-state index contributed by atoms with van der Waals surface area (Å²) in [6.07, 6.45) is 0.800. The van der Waals surface area contributed by atoms with E-state index in [1.54, 1.807) is 0 Å². The second kappa shape index (κ2) is 6.20. The Balaban J connectivity index is 2.63. The third-order valence-electron chi connectivity index (χ3n) is 2.32. The Bertz CT molecular complexity index is 377. The highest BCUT2D eigenvalue weighted by atomic mass is 127. The van der Waals surface area contributed by atoms with Crippen LogP contribution in [0.25, 0.3) is 0 Å². The Labute approximate surface area is 110 Å². The van der Waals surface area contributed by atoms with Crippen molar-refractivity contribution in [2.45, 2.75) is 26.3 Å². The first kappa shape index (κ1) is 13.4. The van der Waals surface area contributed by atoms with E-state index >= 15 is 0 Å². The van der Waals surface area contributed by atoms with Crippen LogP contribution in [-0.2, 0) is 0 Å². The molecule has 1 unspecified atom stereocenters. The molecule has 0 aromatic heterocycles. The van der Waals surface area contributed by atoms with Crippen LogP contribution in [0.15, 0.2) is 18.2 Å². The predicted octanol–water partition coefficient (Wildman–Crippen LogP) is 2.07. The average Bonchev–Trinajstić information content (AvgIpc) is 2.21. The van der Waals surface area contributed by atoms with E-state index in [4.69, 9.17) is 5.73 Å². The minimum absolute atomic E-state index is 0.0197. The first-order valence-electron chi connectivity index (χ1n) is 5.31. The SMILES string of the molecule is Cc1cccc(C(=O)NCCC(C)N)c1I. The van der Waals surface area contributed by atoms with Gasteiger partial charge in [0.2, 0.25) is 0 Å². The molecule has 0 saturated carbocycles. The van der Waals surface area contributed by atoms with Gasteiger partial charge in [-0.3, -0.25) is 4.79 Å². The molecule has 1 amide bonds. The van der Waals surface area contributed by atoms with Gasteiger partial charge >= 0.3 is 0 Å². The minimum atomic E-state index is -0.0197. The second-order valence-electron chi connectivity index (χ2n) is 3.96. The van der Waals surface area contributed by atoms with Crippen LogP contribution in [0.3, 0.4) is 0 Å². The number of carbonyl (C=O) groups is 1. The lowest BCUT2D eigenvalue weighted by Crippen LogP contribution is -2.29. The molecule has 1 rings (SSSR count). The predicted molar refractivity (Wildman–Crippen MR) is 74.5 cm³/mol. The van der Waals surface area contributed by atoms with Gasteiger partial charge in [-0.2, -0.15) is 0 Å². The average molecular weight is 332 g/mol. The van der Waals surface area contributed by atoms with Gasteiger partial charge < -0.3 is 11.1 Å². The summed E-state index contributed by atoms with van der Waals surface area (Å²) < 4.78 is 1.01. The van der Waals surface area contributed by atoms with Crippen LogP contribution in [0.1, 0.15) is 29.3 Å². The van der Waals surface area contributed by atoms with Crippen molar-refractivity contribution in [3.8, 4) is 0 Å². The number of nitrogens with one attached hydrogen (secondary N) is 1. The van der Waals surface area contributed by atoms with Crippen LogP contribution in [0.5, 0.6) is 0 Å². The molecule has 16 heavy (non-hydrogen) atoms. The van der Waals surface area contributed by atoms with E-state index in [9.17, 15) is 4.79 Å². The molecule has 0 fully saturated rings. The zero-order valence-corrected chi connectivity index (χ0v) is 11.7. The maximum absolute atomic E-state index is 11.8. The fourth-order valence-corrected chi connectivity index (χ4v) is 1.94. The van der Waals surface area contributed by atoms with Crippen molar-refractivity contribution in [1.82, 2.24) is 5.32 Å². The number of hydrogen-bond acceptors (Lipinski definition) is 2. The van der Waals surface area contributed by atoms with Crippen molar-refractivity contribution < 1.29 is 4.79 Å². The number of amides is 1. The molecule has 1 atom stereocenters. The lowest BCUT2D eigenvalue weighted by molar-refractivity contribution is 0.0952. The normalized spacial score (nSPS) is 12.2. The number of aryl methyl sites for hydroxylation is 1. The second-order valence-corrected chi connectivity index (χ2v) is 5.04. The molecule has 4 heteroatoms. The Kier molecular flexibility index (Phi) is 5.21. The molecule has 3 N–H and O–H groups in total. The van der Waals surface area contributed by atoms with Crippen molar-refractivity contribution in [2.24, 2.45) is 5.73 Å². The first-order chi connectivity index (χ1) is 7.52. The number of nitrogens with two attached hydrogens (primary N) is 1. The highest BCUT2D eigenvalue weighted by Gasteiger charge is 2.10. The molecular weight excluding hydrogens is 315 g/mol. The van der Waals surface area contributed by atoms with Crippen molar-refractivity contribution in [1.29, 1.82) is 0 Å². The van der Waals surface area contributed by atoms with E-state index in [0.717, 1.165) is 21.1 Å². The van der Waals surface area contributed by atoms with Crippen LogP contribution >= 0.6 is 22.6 Å². The molecule has 1 aromatic rings. The molecule has 0 bridgehead atoms. The zero-order valence-electron chi connectivity index (χ0n) is 9.59. The molecule has 0 heterocycles. The molecule has 0 saturated heterocycles. The minimum Gasteiger partial charge on any atom is -0.352 e. The molecular formula is C12H17IN2O. The van der Waals surface area contributed by atoms with Gasteiger partial charge in [-0.1, -0.05) is 12.1 Å². The molecule has 88 valence electrons. The molecule has 3 nitrogen and oxygen atoms in total. The number of halogens is 1. The summed E-state index contributed by atoms with van der Waals surface area (Å²) in [4.78, 5) is 11.8. The zero-order chi connectivity index (χ0) is 12.1. The van der Waals surface area contributed by atoms with Gasteiger partial charge in [0.25, 0.3) is 5.91 Å². The quantitative estimate of drug-likeness (QED) is 0.830. The summed E-state index contributed by atoms with van der Waals surface area (Å²) in [5.74, 6) is -0.0197. The van der Waals surface area contributed by atoms with E-state index < -0.39 is 0 Å². The summed E-state index contributed by atoms with van der Waals surface area (Å²) in [6, 6.07) is 5.87. The highest BCUT2D eigenvalue weighted by molar-refractivity contribution is 14.1. The highest BCUT2D eigenvalue weighted by Crippen LogP contribution is 2.16. The van der Waals surface area contributed by atoms with Crippen molar-refractivity contribution in [3.63, 3.8) is 0 Å². The third-order valence-corrected chi connectivity index (χ3v) is 3.75. The monoisotopic (exact) mass is 332 g/mol. The van der Waals surface area contributed by atoms with E-state index in [0.29, 0.717) is 6.54 Å². The van der Waals surface area contributed by atoms with Crippen LogP contribution in [0, 0.1) is 10.5 Å². The molecule has 1 aromatic carbocycles. The number of carbonyl (C=O) groups excluding carboxylic acids is 1. The fourth-order valence-electron chi connectivity index (χ4n) is 1.33. The van der Waals surface area contributed by atoms with Gasteiger partial charge in [0.1, 0.15) is 0 Å². The summed E-state index contributed by atoms with van der Waals surface area (Å²) in [5, 5.41) is 2.87. The number of benzene rings is 1. The maximum Gasteiger partial charge on any atom is 0.252 e. The number of rotatable bonds is 4. The van der Waals surface area contributed by atoms with Crippen LogP contribution < -0.4 is 11.1 Å². The molecule has 0 aliphatic heterocycles. The Morgan fingerprint density at radius 1 is 1.56 bits per heavy atom. The van der Waals surface area contributed by atoms with E-state index in [1.807, 2.05) is 32.0 Å². The fraction of sp³-hybridized carbons (Fsp3) is 0.417. The Morgan fingerprint density at radius 2 is 2.25 bits per heavy atom. The van der Waals surface area contributed by atoms with E-state index in [1.165, 1.54) is 0 Å². The third kappa shape index (κ3) is 3.75. The summed E-state index contributed by atoms with van der Waals surface area (Å²) in [5.41, 5.74) is 7.48. The van der Waals surface area contributed by atoms with Gasteiger partial charge in [-0.05, 0) is 54.5 Å². The van der Waals surface area contributed by atoms with Crippen LogP contribution in [0.4, 0.5) is 0 Å². The Morgan fingerprint density at radius 3 is 2.88 bits per heavy atom. The lowest BCUT2D eigenvalue weighted by atomic mass is 10.1. The molecule has 0 spiro atoms. The van der Waals surface area contributed by atoms with Gasteiger partial charge in [-0.25, -0.2) is 0 Å². The van der Waals surface area contributed by atoms with Crippen molar-refractivity contribution >= 4 is 28.5 Å². The topological polar surface area (TPSA) is 55.1 Å².